The van der Waals surface area contributed by atoms with Crippen molar-refractivity contribution in [2.24, 2.45) is 5.92 Å². The van der Waals surface area contributed by atoms with Gasteiger partial charge in [-0.05, 0) is 42.3 Å². The Morgan fingerprint density at radius 1 is 0.778 bits per heavy atom. The van der Waals surface area contributed by atoms with Gasteiger partial charge in [-0.1, -0.05) is 31.5 Å². The molecule has 0 atom stereocenters. The third-order valence-electron chi connectivity index (χ3n) is 5.88. The molecule has 9 heteroatoms. The van der Waals surface area contributed by atoms with Crippen molar-refractivity contribution in [2.45, 2.75) is 26.1 Å². The minimum atomic E-state index is -1.72. The third-order valence-corrected chi connectivity index (χ3v) is 5.88. The van der Waals surface area contributed by atoms with Crippen molar-refractivity contribution in [1.82, 2.24) is 0 Å². The fourth-order valence-corrected chi connectivity index (χ4v) is 4.01. The SMILES string of the molecule is CCCC1COC(c2ccc(/C(F)=C(\F)c3ccc(-c4cc(F)c(F)c(F)c4)c(F)c3)c(F)c2)OC1. The first kappa shape index (κ1) is 25.9. The summed E-state index contributed by atoms with van der Waals surface area (Å²) >= 11 is 0. The summed E-state index contributed by atoms with van der Waals surface area (Å²) in [7, 11) is 0. The molecule has 1 saturated heterocycles. The van der Waals surface area contributed by atoms with Crippen LogP contribution in [0.3, 0.4) is 0 Å². The summed E-state index contributed by atoms with van der Waals surface area (Å²) < 4.78 is 110. The number of rotatable bonds is 6. The van der Waals surface area contributed by atoms with Crippen LogP contribution < -0.4 is 0 Å². The molecule has 2 nitrogen and oxygen atoms in total. The Hall–Kier alpha value is -3.17. The molecule has 0 bridgehead atoms. The van der Waals surface area contributed by atoms with E-state index in [0.717, 1.165) is 37.1 Å². The van der Waals surface area contributed by atoms with Crippen molar-refractivity contribution in [1.29, 1.82) is 0 Å². The first-order valence-corrected chi connectivity index (χ1v) is 11.2. The largest absolute Gasteiger partial charge is 0.348 e. The molecule has 0 aliphatic carbocycles. The average Bonchev–Trinajstić information content (AvgIpc) is 2.86. The van der Waals surface area contributed by atoms with Crippen LogP contribution in [0.5, 0.6) is 0 Å². The average molecular weight is 510 g/mol. The monoisotopic (exact) mass is 510 g/mol. The Balaban J connectivity index is 1.57. The molecule has 3 aromatic carbocycles. The van der Waals surface area contributed by atoms with E-state index in [1.807, 2.05) is 6.92 Å². The highest BCUT2D eigenvalue weighted by molar-refractivity contribution is 5.84. The van der Waals surface area contributed by atoms with E-state index >= 15 is 0 Å². The predicted octanol–water partition coefficient (Wildman–Crippen LogP) is 8.28. The first-order chi connectivity index (χ1) is 17.2. The smallest absolute Gasteiger partial charge is 0.194 e. The number of benzene rings is 3. The van der Waals surface area contributed by atoms with Gasteiger partial charge >= 0.3 is 0 Å². The molecule has 1 fully saturated rings. The van der Waals surface area contributed by atoms with Crippen molar-refractivity contribution < 1.29 is 40.2 Å². The number of ether oxygens (including phenoxy) is 2. The van der Waals surface area contributed by atoms with E-state index in [4.69, 9.17) is 9.47 Å². The van der Waals surface area contributed by atoms with Crippen molar-refractivity contribution >= 4 is 11.7 Å². The molecule has 3 aromatic rings. The second kappa shape index (κ2) is 10.8. The minimum Gasteiger partial charge on any atom is -0.348 e. The highest BCUT2D eigenvalue weighted by Gasteiger charge is 2.25. The molecule has 1 aliphatic heterocycles. The third kappa shape index (κ3) is 5.32. The zero-order chi connectivity index (χ0) is 26.0. The molecular formula is C27H21F7O2. The molecule has 0 N–H and O–H groups in total. The summed E-state index contributed by atoms with van der Waals surface area (Å²) in [6.07, 6.45) is 1.06. The zero-order valence-electron chi connectivity index (χ0n) is 19.1. The standard InChI is InChI=1S/C27H21F7O2/c1-2-3-14-12-35-27(36-13-14)16-5-7-19(21(29)9-16)25(33)24(32)15-4-6-18(20(28)8-15)17-10-22(30)26(34)23(31)11-17/h4-11,14,27H,2-3,12-13H2,1H3/b25-24+. The summed E-state index contributed by atoms with van der Waals surface area (Å²) in [6.45, 7) is 2.91. The molecule has 1 heterocycles. The molecule has 0 saturated carbocycles. The van der Waals surface area contributed by atoms with Crippen molar-refractivity contribution in [3.05, 3.63) is 94.3 Å². The molecule has 190 valence electrons. The summed E-state index contributed by atoms with van der Waals surface area (Å²) in [5.74, 6) is -9.89. The van der Waals surface area contributed by atoms with Gasteiger partial charge in [0.05, 0.1) is 13.2 Å². The van der Waals surface area contributed by atoms with E-state index in [1.165, 1.54) is 6.07 Å². The van der Waals surface area contributed by atoms with E-state index < -0.39 is 58.2 Å². The normalized spacial score (nSPS) is 18.8. The second-order valence-corrected chi connectivity index (χ2v) is 8.47. The topological polar surface area (TPSA) is 18.5 Å². The van der Waals surface area contributed by atoms with E-state index in [-0.39, 0.29) is 17.0 Å². The summed E-state index contributed by atoms with van der Waals surface area (Å²) in [5, 5.41) is 0. The van der Waals surface area contributed by atoms with Crippen LogP contribution in [0.4, 0.5) is 30.7 Å². The van der Waals surface area contributed by atoms with Crippen LogP contribution in [-0.2, 0) is 9.47 Å². The molecule has 0 unspecified atom stereocenters. The maximum absolute atomic E-state index is 14.8. The first-order valence-electron chi connectivity index (χ1n) is 11.2. The predicted molar refractivity (Wildman–Crippen MR) is 120 cm³/mol. The van der Waals surface area contributed by atoms with Gasteiger partial charge in [-0.2, -0.15) is 0 Å². The lowest BCUT2D eigenvalue weighted by Crippen LogP contribution is -2.27. The van der Waals surface area contributed by atoms with Gasteiger partial charge in [0.2, 0.25) is 0 Å². The van der Waals surface area contributed by atoms with E-state index in [0.29, 0.717) is 37.0 Å². The molecule has 4 rings (SSSR count). The Morgan fingerprint density at radius 3 is 2.03 bits per heavy atom. The van der Waals surface area contributed by atoms with Crippen LogP contribution in [-0.4, -0.2) is 13.2 Å². The van der Waals surface area contributed by atoms with Gasteiger partial charge in [0.1, 0.15) is 11.6 Å². The molecular weight excluding hydrogens is 489 g/mol. The van der Waals surface area contributed by atoms with Crippen LogP contribution in [0.1, 0.15) is 42.7 Å². The highest BCUT2D eigenvalue weighted by Crippen LogP contribution is 2.35. The van der Waals surface area contributed by atoms with E-state index in [2.05, 4.69) is 0 Å². The van der Waals surface area contributed by atoms with Crippen LogP contribution in [0.2, 0.25) is 0 Å². The fourth-order valence-electron chi connectivity index (χ4n) is 4.01. The maximum Gasteiger partial charge on any atom is 0.194 e. The van der Waals surface area contributed by atoms with Gasteiger partial charge < -0.3 is 9.47 Å². The Morgan fingerprint density at radius 2 is 1.44 bits per heavy atom. The van der Waals surface area contributed by atoms with E-state index in [9.17, 15) is 30.7 Å². The molecule has 0 spiro atoms. The minimum absolute atomic E-state index is 0.234. The summed E-state index contributed by atoms with van der Waals surface area (Å²) in [5.41, 5.74) is -1.66. The van der Waals surface area contributed by atoms with Crippen molar-refractivity contribution in [3.63, 3.8) is 0 Å². The second-order valence-electron chi connectivity index (χ2n) is 8.47. The maximum atomic E-state index is 14.8. The molecule has 36 heavy (non-hydrogen) atoms. The van der Waals surface area contributed by atoms with Gasteiger partial charge in [0, 0.05) is 28.2 Å². The highest BCUT2D eigenvalue weighted by atomic mass is 19.2. The van der Waals surface area contributed by atoms with E-state index in [1.54, 1.807) is 0 Å². The van der Waals surface area contributed by atoms with Crippen molar-refractivity contribution in [3.8, 4) is 11.1 Å². The van der Waals surface area contributed by atoms with Gasteiger partial charge in [-0.25, -0.2) is 30.7 Å². The summed E-state index contributed by atoms with van der Waals surface area (Å²) in [6, 6.07) is 6.99. The van der Waals surface area contributed by atoms with Crippen LogP contribution in [0.25, 0.3) is 22.8 Å². The molecule has 1 aliphatic rings. The fraction of sp³-hybridized carbons (Fsp3) is 0.259. The summed E-state index contributed by atoms with van der Waals surface area (Å²) in [4.78, 5) is 0. The Bertz CT molecular complexity index is 1270. The molecule has 0 aromatic heterocycles. The van der Waals surface area contributed by atoms with Gasteiger partial charge in [-0.15, -0.1) is 0 Å². The van der Waals surface area contributed by atoms with Gasteiger partial charge in [0.25, 0.3) is 0 Å². The Kier molecular flexibility index (Phi) is 7.80. The van der Waals surface area contributed by atoms with Crippen LogP contribution in [0, 0.1) is 35.0 Å². The van der Waals surface area contributed by atoms with Gasteiger partial charge in [0.15, 0.2) is 35.4 Å². The molecule has 0 amide bonds. The lowest BCUT2D eigenvalue weighted by Gasteiger charge is -2.29. The number of halogens is 7. The lowest BCUT2D eigenvalue weighted by molar-refractivity contribution is -0.206. The van der Waals surface area contributed by atoms with Crippen LogP contribution >= 0.6 is 0 Å². The number of hydrogen-bond acceptors (Lipinski definition) is 2. The Labute approximate surface area is 203 Å². The number of hydrogen-bond donors (Lipinski definition) is 0. The van der Waals surface area contributed by atoms with Gasteiger partial charge in [-0.3, -0.25) is 0 Å². The lowest BCUT2D eigenvalue weighted by atomic mass is 10.0. The van der Waals surface area contributed by atoms with Crippen molar-refractivity contribution in [2.75, 3.05) is 13.2 Å². The molecule has 0 radical (unpaired) electrons. The zero-order valence-corrected chi connectivity index (χ0v) is 19.1. The quantitative estimate of drug-likeness (QED) is 0.189. The van der Waals surface area contributed by atoms with Crippen LogP contribution in [0.15, 0.2) is 48.5 Å².